The Hall–Kier alpha value is -2.63. The number of carbonyl (C=O) groups is 1. The summed E-state index contributed by atoms with van der Waals surface area (Å²) in [6.07, 6.45) is 0.175. The average Bonchev–Trinajstić information content (AvgIpc) is 3.15. The molecular weight excluding hydrogens is 364 g/mol. The van der Waals surface area contributed by atoms with E-state index >= 15 is 0 Å². The number of hydrogen-bond donors (Lipinski definition) is 1. The molecule has 0 saturated heterocycles. The number of rotatable bonds is 7. The van der Waals surface area contributed by atoms with Gasteiger partial charge in [-0.3, -0.25) is 4.79 Å². The highest BCUT2D eigenvalue weighted by Gasteiger charge is 2.13. The molecule has 0 spiro atoms. The van der Waals surface area contributed by atoms with Gasteiger partial charge in [0, 0.05) is 23.2 Å². The maximum Gasteiger partial charge on any atom is 0.273 e. The van der Waals surface area contributed by atoms with E-state index in [9.17, 15) is 4.79 Å². The largest absolute Gasteiger partial charge is 0.374 e. The Morgan fingerprint density at radius 3 is 2.70 bits per heavy atom. The van der Waals surface area contributed by atoms with Crippen molar-refractivity contribution in [3.8, 4) is 11.3 Å². The molecule has 27 heavy (non-hydrogen) atoms. The molecule has 0 aliphatic rings. The molecule has 6 heteroatoms. The van der Waals surface area contributed by atoms with Crippen molar-refractivity contribution < 1.29 is 14.1 Å². The zero-order valence-corrected chi connectivity index (χ0v) is 16.0. The molecule has 0 bridgehead atoms. The van der Waals surface area contributed by atoms with Crippen LogP contribution in [0.4, 0.5) is 0 Å². The minimum Gasteiger partial charge on any atom is -0.374 e. The molecule has 5 nitrogen and oxygen atoms in total. The summed E-state index contributed by atoms with van der Waals surface area (Å²) in [5.74, 6) is 0.200. The van der Waals surface area contributed by atoms with Crippen molar-refractivity contribution in [3.05, 3.63) is 76.4 Å². The fourth-order valence-corrected chi connectivity index (χ4v) is 2.72. The first-order valence-electron chi connectivity index (χ1n) is 8.71. The number of ether oxygens (including phenoxy) is 1. The Balaban J connectivity index is 1.61. The lowest BCUT2D eigenvalue weighted by atomic mass is 10.1. The van der Waals surface area contributed by atoms with Gasteiger partial charge in [-0.05, 0) is 37.1 Å². The van der Waals surface area contributed by atoms with Gasteiger partial charge >= 0.3 is 0 Å². The van der Waals surface area contributed by atoms with Crippen LogP contribution in [0.2, 0.25) is 5.02 Å². The van der Waals surface area contributed by atoms with E-state index in [0.717, 1.165) is 16.7 Å². The van der Waals surface area contributed by atoms with Gasteiger partial charge in [-0.15, -0.1) is 0 Å². The molecule has 140 valence electrons. The monoisotopic (exact) mass is 384 g/mol. The standard InChI is InChI=1S/C21H21ClN2O3/c1-14(2)26-13-16-6-3-5-15(9-16)12-23-21(25)19-11-20(27-24-19)17-7-4-8-18(22)10-17/h3-11,14H,12-13H2,1-2H3,(H,23,25). The molecule has 1 heterocycles. The van der Waals surface area contributed by atoms with Gasteiger partial charge in [0.25, 0.3) is 5.91 Å². The van der Waals surface area contributed by atoms with E-state index in [1.807, 2.05) is 50.2 Å². The summed E-state index contributed by atoms with van der Waals surface area (Å²) in [5.41, 5.74) is 3.06. The first kappa shape index (κ1) is 19.1. The Morgan fingerprint density at radius 1 is 1.15 bits per heavy atom. The maximum absolute atomic E-state index is 12.3. The third-order valence-corrected chi connectivity index (χ3v) is 4.11. The summed E-state index contributed by atoms with van der Waals surface area (Å²) in [4.78, 5) is 12.3. The van der Waals surface area contributed by atoms with E-state index in [1.165, 1.54) is 0 Å². The Morgan fingerprint density at radius 2 is 1.93 bits per heavy atom. The van der Waals surface area contributed by atoms with E-state index in [1.54, 1.807) is 18.2 Å². The van der Waals surface area contributed by atoms with Crippen molar-refractivity contribution in [1.29, 1.82) is 0 Å². The van der Waals surface area contributed by atoms with Crippen molar-refractivity contribution in [3.63, 3.8) is 0 Å². The average molecular weight is 385 g/mol. The van der Waals surface area contributed by atoms with E-state index in [-0.39, 0.29) is 17.7 Å². The number of nitrogens with zero attached hydrogens (tertiary/aromatic N) is 1. The smallest absolute Gasteiger partial charge is 0.273 e. The van der Waals surface area contributed by atoms with Crippen molar-refractivity contribution in [2.75, 3.05) is 0 Å². The molecule has 0 aliphatic heterocycles. The molecule has 0 aliphatic carbocycles. The lowest BCUT2D eigenvalue weighted by Gasteiger charge is -2.09. The SMILES string of the molecule is CC(C)OCc1cccc(CNC(=O)c2cc(-c3cccc(Cl)c3)on2)c1. The Bertz CT molecular complexity index is 921. The number of halogens is 1. The molecule has 0 saturated carbocycles. The molecule has 2 aromatic carbocycles. The minimum absolute atomic E-state index is 0.175. The lowest BCUT2D eigenvalue weighted by Crippen LogP contribution is -2.23. The van der Waals surface area contributed by atoms with Gasteiger partial charge in [-0.25, -0.2) is 0 Å². The zero-order valence-electron chi connectivity index (χ0n) is 15.2. The van der Waals surface area contributed by atoms with Crippen molar-refractivity contribution >= 4 is 17.5 Å². The molecule has 0 atom stereocenters. The highest BCUT2D eigenvalue weighted by molar-refractivity contribution is 6.30. The summed E-state index contributed by atoms with van der Waals surface area (Å²) >= 11 is 5.98. The fourth-order valence-electron chi connectivity index (χ4n) is 2.53. The topological polar surface area (TPSA) is 64.4 Å². The summed E-state index contributed by atoms with van der Waals surface area (Å²) in [7, 11) is 0. The summed E-state index contributed by atoms with van der Waals surface area (Å²) in [6, 6.07) is 16.7. The van der Waals surface area contributed by atoms with Crippen LogP contribution in [0.5, 0.6) is 0 Å². The number of benzene rings is 2. The van der Waals surface area contributed by atoms with Gasteiger partial charge in [0.1, 0.15) is 0 Å². The Kier molecular flexibility index (Phi) is 6.27. The molecule has 3 aromatic rings. The van der Waals surface area contributed by atoms with Crippen LogP contribution < -0.4 is 5.32 Å². The molecule has 0 fully saturated rings. The summed E-state index contributed by atoms with van der Waals surface area (Å²) < 4.78 is 10.9. The van der Waals surface area contributed by atoms with E-state index in [0.29, 0.717) is 23.9 Å². The van der Waals surface area contributed by atoms with Crippen LogP contribution in [0.3, 0.4) is 0 Å². The zero-order chi connectivity index (χ0) is 19.2. The van der Waals surface area contributed by atoms with E-state index in [4.69, 9.17) is 20.9 Å². The number of aromatic nitrogens is 1. The van der Waals surface area contributed by atoms with E-state index < -0.39 is 0 Å². The molecule has 3 rings (SSSR count). The second-order valence-corrected chi connectivity index (χ2v) is 6.89. The number of nitrogens with one attached hydrogen (secondary N) is 1. The molecule has 0 radical (unpaired) electrons. The lowest BCUT2D eigenvalue weighted by molar-refractivity contribution is 0.0657. The van der Waals surface area contributed by atoms with E-state index in [2.05, 4.69) is 10.5 Å². The van der Waals surface area contributed by atoms with Crippen molar-refractivity contribution in [1.82, 2.24) is 10.5 Å². The van der Waals surface area contributed by atoms with Crippen molar-refractivity contribution in [2.45, 2.75) is 33.1 Å². The van der Waals surface area contributed by atoms with Gasteiger partial charge in [-0.1, -0.05) is 53.2 Å². The van der Waals surface area contributed by atoms with Gasteiger partial charge in [-0.2, -0.15) is 0 Å². The van der Waals surface area contributed by atoms with Gasteiger partial charge in [0.05, 0.1) is 12.7 Å². The van der Waals surface area contributed by atoms with Crippen LogP contribution in [0.25, 0.3) is 11.3 Å². The number of carbonyl (C=O) groups excluding carboxylic acids is 1. The molecular formula is C21H21ClN2O3. The third kappa shape index (κ3) is 5.42. The second-order valence-electron chi connectivity index (χ2n) is 6.45. The number of hydrogen-bond acceptors (Lipinski definition) is 4. The van der Waals surface area contributed by atoms with Gasteiger partial charge in [0.2, 0.25) is 0 Å². The minimum atomic E-state index is -0.295. The van der Waals surface area contributed by atoms with Crippen LogP contribution in [0.1, 0.15) is 35.5 Å². The summed E-state index contributed by atoms with van der Waals surface area (Å²) in [6.45, 7) is 4.94. The maximum atomic E-state index is 12.3. The molecule has 1 aromatic heterocycles. The third-order valence-electron chi connectivity index (χ3n) is 3.88. The van der Waals surface area contributed by atoms with Crippen LogP contribution in [0.15, 0.2) is 59.1 Å². The second kappa shape index (κ2) is 8.84. The van der Waals surface area contributed by atoms with Gasteiger partial charge in [0.15, 0.2) is 11.5 Å². The highest BCUT2D eigenvalue weighted by Crippen LogP contribution is 2.23. The first-order valence-corrected chi connectivity index (χ1v) is 9.09. The van der Waals surface area contributed by atoms with Crippen LogP contribution >= 0.6 is 11.6 Å². The first-order chi connectivity index (χ1) is 13.0. The Labute approximate surface area is 163 Å². The van der Waals surface area contributed by atoms with Crippen LogP contribution in [-0.4, -0.2) is 17.2 Å². The molecule has 1 N–H and O–H groups in total. The van der Waals surface area contributed by atoms with Crippen molar-refractivity contribution in [2.24, 2.45) is 0 Å². The van der Waals surface area contributed by atoms with Crippen LogP contribution in [0, 0.1) is 0 Å². The predicted molar refractivity (Wildman–Crippen MR) is 104 cm³/mol. The fraction of sp³-hybridized carbons (Fsp3) is 0.238. The number of amides is 1. The highest BCUT2D eigenvalue weighted by atomic mass is 35.5. The van der Waals surface area contributed by atoms with Crippen LogP contribution in [-0.2, 0) is 17.9 Å². The van der Waals surface area contributed by atoms with Gasteiger partial charge < -0.3 is 14.6 Å². The predicted octanol–water partition coefficient (Wildman–Crippen LogP) is 4.85. The quantitative estimate of drug-likeness (QED) is 0.632. The molecule has 0 unspecified atom stereocenters. The normalized spacial score (nSPS) is 11.0. The molecule has 1 amide bonds. The summed E-state index contributed by atoms with van der Waals surface area (Å²) in [5, 5.41) is 7.30.